The van der Waals surface area contributed by atoms with E-state index in [2.05, 4.69) is 6.92 Å². The molecule has 0 aliphatic carbocycles. The minimum atomic E-state index is -0.734. The molecule has 52 valence electrons. The van der Waals surface area contributed by atoms with Gasteiger partial charge in [0.2, 0.25) is 0 Å². The molecule has 2 nitrogen and oxygen atoms in total. The molecule has 0 N–H and O–H groups in total. The van der Waals surface area contributed by atoms with Crippen molar-refractivity contribution in [1.82, 2.24) is 0 Å². The standard InChI is InChI=1S/C4H8O2.C2H5.Sn/c1-2-3-4(5)6;1-2;/h2-3H2,1H3,(H,5,6);1H2,2H3;/q;;+1/p-1. The van der Waals surface area contributed by atoms with E-state index in [0.29, 0.717) is 6.42 Å². The van der Waals surface area contributed by atoms with E-state index < -0.39 is 21.6 Å². The fourth-order valence-corrected chi connectivity index (χ4v) is 1.57. The summed E-state index contributed by atoms with van der Waals surface area (Å²) in [5.74, 6) is 0.00551. The fraction of sp³-hybridized carbons (Fsp3) is 0.833. The van der Waals surface area contributed by atoms with Crippen LogP contribution < -0.4 is 0 Å². The van der Waals surface area contributed by atoms with Crippen molar-refractivity contribution in [1.29, 1.82) is 0 Å². The summed E-state index contributed by atoms with van der Waals surface area (Å²) in [6.45, 7) is 4.05. The van der Waals surface area contributed by atoms with Crippen LogP contribution in [0.5, 0.6) is 0 Å². The van der Waals surface area contributed by atoms with Crippen molar-refractivity contribution in [3.8, 4) is 0 Å². The molecule has 0 spiro atoms. The third-order valence-electron chi connectivity index (χ3n) is 0.784. The zero-order chi connectivity index (χ0) is 7.11. The molecule has 0 aromatic carbocycles. The van der Waals surface area contributed by atoms with Gasteiger partial charge in [0.25, 0.3) is 0 Å². The Morgan fingerprint density at radius 1 is 1.56 bits per heavy atom. The van der Waals surface area contributed by atoms with Gasteiger partial charge in [-0.3, -0.25) is 0 Å². The van der Waals surface area contributed by atoms with Gasteiger partial charge in [-0.2, -0.15) is 0 Å². The molecule has 0 saturated carbocycles. The second kappa shape index (κ2) is 6.39. The molecule has 0 fully saturated rings. The summed E-state index contributed by atoms with van der Waals surface area (Å²) in [5, 5.41) is 0. The van der Waals surface area contributed by atoms with E-state index in [1.165, 1.54) is 0 Å². The SMILES string of the molecule is CCCC(=O)[O][Sn][CH2]C. The van der Waals surface area contributed by atoms with E-state index in [-0.39, 0.29) is 5.97 Å². The molecule has 0 saturated heterocycles. The van der Waals surface area contributed by atoms with Gasteiger partial charge in [0.05, 0.1) is 0 Å². The Kier molecular flexibility index (Phi) is 6.58. The summed E-state index contributed by atoms with van der Waals surface area (Å²) in [5.41, 5.74) is 0. The van der Waals surface area contributed by atoms with Crippen LogP contribution in [0.2, 0.25) is 4.44 Å². The van der Waals surface area contributed by atoms with Gasteiger partial charge in [-0.15, -0.1) is 0 Å². The average Bonchev–Trinajstić information content (AvgIpc) is 1.85. The van der Waals surface area contributed by atoms with E-state index in [1.54, 1.807) is 0 Å². The Balaban J connectivity index is 3.06. The van der Waals surface area contributed by atoms with Gasteiger partial charge in [0.1, 0.15) is 0 Å². The predicted octanol–water partition coefficient (Wildman–Crippen LogP) is 1.39. The number of hydrogen-bond acceptors (Lipinski definition) is 2. The van der Waals surface area contributed by atoms with E-state index >= 15 is 0 Å². The molecular formula is C6H12O2Sn. The molecule has 0 unspecified atom stereocenters. The normalized spacial score (nSPS) is 9.11. The molecular weight excluding hydrogens is 223 g/mol. The Hall–Kier alpha value is 0.269. The van der Waals surface area contributed by atoms with Crippen molar-refractivity contribution in [3.63, 3.8) is 0 Å². The Labute approximate surface area is 66.7 Å². The van der Waals surface area contributed by atoms with E-state index in [9.17, 15) is 4.79 Å². The zero-order valence-electron chi connectivity index (χ0n) is 5.94. The molecule has 0 aliphatic rings. The monoisotopic (exact) mass is 236 g/mol. The average molecular weight is 235 g/mol. The van der Waals surface area contributed by atoms with E-state index in [1.807, 2.05) is 6.92 Å². The number of carbonyl (C=O) groups is 1. The Bertz CT molecular complexity index is 83.1. The molecule has 3 heteroatoms. The van der Waals surface area contributed by atoms with Crippen molar-refractivity contribution in [3.05, 3.63) is 0 Å². The van der Waals surface area contributed by atoms with Gasteiger partial charge in [0, 0.05) is 0 Å². The summed E-state index contributed by atoms with van der Waals surface area (Å²) < 4.78 is 6.04. The third-order valence-corrected chi connectivity index (χ3v) is 2.67. The van der Waals surface area contributed by atoms with Crippen LogP contribution in [0, 0.1) is 0 Å². The van der Waals surface area contributed by atoms with Crippen molar-refractivity contribution in [2.24, 2.45) is 0 Å². The first-order chi connectivity index (χ1) is 4.31. The van der Waals surface area contributed by atoms with Crippen LogP contribution in [-0.4, -0.2) is 27.5 Å². The molecule has 0 amide bonds. The summed E-state index contributed by atoms with van der Waals surface area (Å²) in [6, 6.07) is 0. The van der Waals surface area contributed by atoms with Gasteiger partial charge in [-0.25, -0.2) is 0 Å². The second-order valence-corrected chi connectivity index (χ2v) is 5.15. The quantitative estimate of drug-likeness (QED) is 0.688. The maximum atomic E-state index is 10.6. The molecule has 0 atom stereocenters. The topological polar surface area (TPSA) is 26.3 Å². The predicted molar refractivity (Wildman–Crippen MR) is 37.2 cm³/mol. The molecule has 9 heavy (non-hydrogen) atoms. The number of carbonyl (C=O) groups excluding carboxylic acids is 1. The zero-order valence-corrected chi connectivity index (χ0v) is 8.79. The van der Waals surface area contributed by atoms with Crippen molar-refractivity contribution in [2.75, 3.05) is 0 Å². The first kappa shape index (κ1) is 9.27. The van der Waals surface area contributed by atoms with E-state index in [4.69, 9.17) is 3.07 Å². The molecule has 0 aromatic heterocycles. The first-order valence-electron chi connectivity index (χ1n) is 3.23. The molecule has 0 aromatic rings. The summed E-state index contributed by atoms with van der Waals surface area (Å²) in [6.07, 6.45) is 1.50. The summed E-state index contributed by atoms with van der Waals surface area (Å²) in [7, 11) is 0. The summed E-state index contributed by atoms with van der Waals surface area (Å²) in [4.78, 5) is 10.6. The van der Waals surface area contributed by atoms with Gasteiger partial charge in [-0.1, -0.05) is 0 Å². The number of hydrogen-bond donors (Lipinski definition) is 0. The first-order valence-corrected chi connectivity index (χ1v) is 6.42. The van der Waals surface area contributed by atoms with Crippen LogP contribution >= 0.6 is 0 Å². The van der Waals surface area contributed by atoms with Crippen molar-refractivity contribution >= 4 is 27.5 Å². The van der Waals surface area contributed by atoms with Crippen molar-refractivity contribution in [2.45, 2.75) is 31.1 Å². The van der Waals surface area contributed by atoms with Gasteiger partial charge in [-0.05, 0) is 0 Å². The second-order valence-electron chi connectivity index (χ2n) is 1.72. The molecule has 0 heterocycles. The molecule has 0 bridgehead atoms. The van der Waals surface area contributed by atoms with Crippen LogP contribution in [0.1, 0.15) is 26.7 Å². The fourth-order valence-electron chi connectivity index (χ4n) is 0.408. The Morgan fingerprint density at radius 2 is 2.22 bits per heavy atom. The van der Waals surface area contributed by atoms with Crippen LogP contribution in [0.25, 0.3) is 0 Å². The van der Waals surface area contributed by atoms with Crippen LogP contribution in [0.4, 0.5) is 0 Å². The van der Waals surface area contributed by atoms with Crippen LogP contribution in [0.3, 0.4) is 0 Å². The minimum absolute atomic E-state index is 0.00551. The maximum absolute atomic E-state index is 10.6. The van der Waals surface area contributed by atoms with Crippen molar-refractivity contribution < 1.29 is 7.87 Å². The van der Waals surface area contributed by atoms with Gasteiger partial charge >= 0.3 is 66.5 Å². The molecule has 2 radical (unpaired) electrons. The van der Waals surface area contributed by atoms with Crippen LogP contribution in [0.15, 0.2) is 0 Å². The van der Waals surface area contributed by atoms with Crippen LogP contribution in [-0.2, 0) is 7.87 Å². The van der Waals surface area contributed by atoms with E-state index in [0.717, 1.165) is 10.9 Å². The molecule has 0 aliphatic heterocycles. The van der Waals surface area contributed by atoms with Gasteiger partial charge < -0.3 is 0 Å². The summed E-state index contributed by atoms with van der Waals surface area (Å²) >= 11 is -0.734. The molecule has 0 rings (SSSR count). The van der Waals surface area contributed by atoms with Gasteiger partial charge in [0.15, 0.2) is 0 Å². The third kappa shape index (κ3) is 6.15. The Morgan fingerprint density at radius 3 is 2.67 bits per heavy atom. The number of rotatable bonds is 4.